The summed E-state index contributed by atoms with van der Waals surface area (Å²) in [7, 11) is 0. The van der Waals surface area contributed by atoms with Crippen molar-refractivity contribution in [2.75, 3.05) is 10.6 Å². The average molecular weight is 271 g/mol. The van der Waals surface area contributed by atoms with Crippen molar-refractivity contribution in [2.45, 2.75) is 19.8 Å². The van der Waals surface area contributed by atoms with Crippen molar-refractivity contribution in [1.82, 2.24) is 4.98 Å². The van der Waals surface area contributed by atoms with E-state index in [9.17, 15) is 0 Å². The number of rotatable bonds is 3. The van der Waals surface area contributed by atoms with E-state index >= 15 is 0 Å². The van der Waals surface area contributed by atoms with Crippen molar-refractivity contribution in [1.29, 1.82) is 0 Å². The van der Waals surface area contributed by atoms with Gasteiger partial charge in [0.15, 0.2) is 5.11 Å². The Bertz CT molecular complexity index is 552. The summed E-state index contributed by atoms with van der Waals surface area (Å²) >= 11 is 5.31. The summed E-state index contributed by atoms with van der Waals surface area (Å²) < 4.78 is 0. The van der Waals surface area contributed by atoms with Gasteiger partial charge in [-0.25, -0.2) is 0 Å². The highest BCUT2D eigenvalue weighted by Gasteiger charge is 2.07. The molecular formula is C15H17N3S. The molecule has 1 aromatic carbocycles. The smallest absolute Gasteiger partial charge is 0.175 e. The Balaban J connectivity index is 2.07. The summed E-state index contributed by atoms with van der Waals surface area (Å²) in [5, 5.41) is 6.92. The van der Waals surface area contributed by atoms with Crippen LogP contribution in [0.25, 0.3) is 0 Å². The predicted molar refractivity (Wildman–Crippen MR) is 84.6 cm³/mol. The van der Waals surface area contributed by atoms with Crippen molar-refractivity contribution >= 4 is 28.7 Å². The highest BCUT2D eigenvalue weighted by Crippen LogP contribution is 2.23. The molecule has 1 aromatic heterocycles. The molecule has 0 fully saturated rings. The maximum absolute atomic E-state index is 5.31. The lowest BCUT2D eigenvalue weighted by Crippen LogP contribution is -2.20. The van der Waals surface area contributed by atoms with Crippen LogP contribution in [0.5, 0.6) is 0 Å². The second-order valence-corrected chi connectivity index (χ2v) is 4.97. The lowest BCUT2D eigenvalue weighted by Gasteiger charge is -2.15. The van der Waals surface area contributed by atoms with Crippen molar-refractivity contribution in [2.24, 2.45) is 0 Å². The quantitative estimate of drug-likeness (QED) is 0.827. The van der Waals surface area contributed by atoms with Crippen LogP contribution in [0.4, 0.5) is 11.4 Å². The van der Waals surface area contributed by atoms with Gasteiger partial charge in [0.25, 0.3) is 0 Å². The van der Waals surface area contributed by atoms with Gasteiger partial charge in [0.1, 0.15) is 0 Å². The summed E-state index contributed by atoms with van der Waals surface area (Å²) in [5.41, 5.74) is 3.17. The summed E-state index contributed by atoms with van der Waals surface area (Å²) in [6.45, 7) is 4.33. The molecule has 0 amide bonds. The molecule has 1 heterocycles. The lowest BCUT2D eigenvalue weighted by molar-refractivity contribution is 0.869. The Labute approximate surface area is 119 Å². The summed E-state index contributed by atoms with van der Waals surface area (Å²) in [6, 6.07) is 12.0. The van der Waals surface area contributed by atoms with Crippen LogP contribution in [0.1, 0.15) is 25.3 Å². The van der Waals surface area contributed by atoms with Crippen molar-refractivity contribution in [3.63, 3.8) is 0 Å². The van der Waals surface area contributed by atoms with E-state index in [1.807, 2.05) is 30.3 Å². The van der Waals surface area contributed by atoms with Gasteiger partial charge in [0, 0.05) is 11.9 Å². The monoisotopic (exact) mass is 271 g/mol. The molecule has 0 radical (unpaired) electrons. The highest BCUT2D eigenvalue weighted by molar-refractivity contribution is 7.80. The van der Waals surface area contributed by atoms with E-state index in [2.05, 4.69) is 35.5 Å². The number of para-hydroxylation sites is 1. The third kappa shape index (κ3) is 3.76. The summed E-state index contributed by atoms with van der Waals surface area (Å²) in [5.74, 6) is 0.449. The van der Waals surface area contributed by atoms with Gasteiger partial charge in [-0.1, -0.05) is 32.0 Å². The van der Waals surface area contributed by atoms with E-state index in [1.54, 1.807) is 12.4 Å². The van der Waals surface area contributed by atoms with Crippen molar-refractivity contribution in [3.05, 3.63) is 54.4 Å². The number of aromatic nitrogens is 1. The number of pyridine rings is 1. The van der Waals surface area contributed by atoms with Gasteiger partial charge >= 0.3 is 0 Å². The third-order valence-electron chi connectivity index (χ3n) is 2.75. The molecule has 0 saturated heterocycles. The molecule has 19 heavy (non-hydrogen) atoms. The second-order valence-electron chi connectivity index (χ2n) is 4.56. The fourth-order valence-electron chi connectivity index (χ4n) is 1.84. The SMILES string of the molecule is CC(C)c1ccccc1NC(=S)Nc1cccnc1. The molecule has 98 valence electrons. The largest absolute Gasteiger partial charge is 0.332 e. The molecule has 3 nitrogen and oxygen atoms in total. The van der Waals surface area contributed by atoms with Gasteiger partial charge in [-0.2, -0.15) is 0 Å². The third-order valence-corrected chi connectivity index (χ3v) is 2.95. The molecule has 0 unspecified atom stereocenters. The zero-order chi connectivity index (χ0) is 13.7. The predicted octanol–water partition coefficient (Wildman–Crippen LogP) is 4.01. The standard InChI is InChI=1S/C15H17N3S/c1-11(2)13-7-3-4-8-14(13)18-15(19)17-12-6-5-9-16-10-12/h3-11H,1-2H3,(H2,17,18,19). The van der Waals surface area contributed by atoms with Crippen molar-refractivity contribution in [3.8, 4) is 0 Å². The maximum atomic E-state index is 5.31. The fraction of sp³-hybridized carbons (Fsp3) is 0.200. The molecule has 0 spiro atoms. The molecule has 2 rings (SSSR count). The van der Waals surface area contributed by atoms with Crippen LogP contribution in [-0.4, -0.2) is 10.1 Å². The molecule has 0 saturated carbocycles. The van der Waals surface area contributed by atoms with E-state index in [1.165, 1.54) is 5.56 Å². The van der Waals surface area contributed by atoms with Crippen molar-refractivity contribution < 1.29 is 0 Å². The molecule has 2 N–H and O–H groups in total. The van der Waals surface area contributed by atoms with Gasteiger partial charge in [-0.05, 0) is 41.9 Å². The van der Waals surface area contributed by atoms with Crippen LogP contribution >= 0.6 is 12.2 Å². The Hall–Kier alpha value is -1.94. The molecule has 0 atom stereocenters. The fourth-order valence-corrected chi connectivity index (χ4v) is 2.06. The number of anilines is 2. The molecular weight excluding hydrogens is 254 g/mol. The molecule has 0 aliphatic heterocycles. The normalized spacial score (nSPS) is 10.3. The van der Waals surface area contributed by atoms with E-state index in [0.717, 1.165) is 11.4 Å². The molecule has 2 aromatic rings. The number of hydrogen-bond donors (Lipinski definition) is 2. The summed E-state index contributed by atoms with van der Waals surface area (Å²) in [6.07, 6.45) is 3.47. The number of thiocarbonyl (C=S) groups is 1. The minimum absolute atomic E-state index is 0.449. The average Bonchev–Trinajstić information content (AvgIpc) is 2.40. The first-order valence-corrected chi connectivity index (χ1v) is 6.64. The first-order chi connectivity index (χ1) is 9.16. The Morgan fingerprint density at radius 1 is 1.11 bits per heavy atom. The van der Waals surface area contributed by atoms with Gasteiger partial charge in [-0.3, -0.25) is 4.98 Å². The van der Waals surface area contributed by atoms with E-state index < -0.39 is 0 Å². The summed E-state index contributed by atoms with van der Waals surface area (Å²) in [4.78, 5) is 4.04. The number of nitrogens with zero attached hydrogens (tertiary/aromatic N) is 1. The van der Waals surface area contributed by atoms with Gasteiger partial charge in [0.05, 0.1) is 11.9 Å². The van der Waals surface area contributed by atoms with E-state index in [4.69, 9.17) is 12.2 Å². The zero-order valence-electron chi connectivity index (χ0n) is 11.1. The molecule has 0 bridgehead atoms. The first-order valence-electron chi connectivity index (χ1n) is 6.24. The Kier molecular flexibility index (Phi) is 4.47. The topological polar surface area (TPSA) is 37.0 Å². The maximum Gasteiger partial charge on any atom is 0.175 e. The van der Waals surface area contributed by atoms with Crippen LogP contribution in [-0.2, 0) is 0 Å². The Morgan fingerprint density at radius 2 is 1.89 bits per heavy atom. The molecule has 0 aliphatic carbocycles. The number of hydrogen-bond acceptors (Lipinski definition) is 2. The van der Waals surface area contributed by atoms with Crippen LogP contribution < -0.4 is 10.6 Å². The number of nitrogens with one attached hydrogen (secondary N) is 2. The second kappa shape index (κ2) is 6.29. The lowest BCUT2D eigenvalue weighted by atomic mass is 10.0. The molecule has 4 heteroatoms. The van der Waals surface area contributed by atoms with Gasteiger partial charge in [0.2, 0.25) is 0 Å². The zero-order valence-corrected chi connectivity index (χ0v) is 11.9. The minimum Gasteiger partial charge on any atom is -0.332 e. The van der Waals surface area contributed by atoms with Crippen LogP contribution in [0.3, 0.4) is 0 Å². The minimum atomic E-state index is 0.449. The van der Waals surface area contributed by atoms with Crippen LogP contribution in [0.2, 0.25) is 0 Å². The van der Waals surface area contributed by atoms with E-state index in [-0.39, 0.29) is 0 Å². The molecule has 0 aliphatic rings. The first kappa shape index (κ1) is 13.5. The van der Waals surface area contributed by atoms with Gasteiger partial charge < -0.3 is 10.6 Å². The van der Waals surface area contributed by atoms with Gasteiger partial charge in [-0.15, -0.1) is 0 Å². The Morgan fingerprint density at radius 3 is 2.58 bits per heavy atom. The van der Waals surface area contributed by atoms with E-state index in [0.29, 0.717) is 11.0 Å². The van der Waals surface area contributed by atoms with Crippen LogP contribution in [0.15, 0.2) is 48.8 Å². The highest BCUT2D eigenvalue weighted by atomic mass is 32.1. The van der Waals surface area contributed by atoms with Crippen LogP contribution in [0, 0.1) is 0 Å². The number of benzene rings is 1.